The Hall–Kier alpha value is -6.02. The molecular formula is C46H31N3S. The molecule has 0 unspecified atom stereocenters. The lowest BCUT2D eigenvalue weighted by atomic mass is 9.76. The monoisotopic (exact) mass is 657 g/mol. The molecule has 7 aromatic carbocycles. The SMILES string of the molecule is CC1(C)c2cc(-c3cccc(-c4cc(-c5ccc6c(ccc7ccccc76)c5)nc(-c5ccccc5)n4)c3)ccc2Sc2c(C#N)cccc21. The van der Waals surface area contributed by atoms with Crippen molar-refractivity contribution in [3.63, 3.8) is 0 Å². The first-order valence-electron chi connectivity index (χ1n) is 16.8. The fraction of sp³-hybridized carbons (Fsp3) is 0.0652. The zero-order chi connectivity index (χ0) is 33.8. The maximum Gasteiger partial charge on any atom is 0.160 e. The van der Waals surface area contributed by atoms with Crippen LogP contribution in [0.4, 0.5) is 0 Å². The molecule has 0 amide bonds. The maximum absolute atomic E-state index is 9.79. The van der Waals surface area contributed by atoms with Gasteiger partial charge in [-0.3, -0.25) is 0 Å². The molecule has 8 aromatic rings. The first-order valence-corrected chi connectivity index (χ1v) is 17.6. The van der Waals surface area contributed by atoms with Gasteiger partial charge in [-0.1, -0.05) is 141 Å². The molecule has 1 aliphatic rings. The van der Waals surface area contributed by atoms with Gasteiger partial charge in [-0.2, -0.15) is 5.26 Å². The number of hydrogen-bond donors (Lipinski definition) is 0. The van der Waals surface area contributed by atoms with Crippen LogP contribution >= 0.6 is 11.8 Å². The Balaban J connectivity index is 1.14. The zero-order valence-electron chi connectivity index (χ0n) is 27.7. The van der Waals surface area contributed by atoms with Gasteiger partial charge >= 0.3 is 0 Å². The molecule has 0 saturated carbocycles. The van der Waals surface area contributed by atoms with Crippen molar-refractivity contribution in [2.45, 2.75) is 29.1 Å². The van der Waals surface area contributed by atoms with E-state index in [1.54, 1.807) is 11.8 Å². The van der Waals surface area contributed by atoms with Crippen molar-refractivity contribution < 1.29 is 0 Å². The van der Waals surface area contributed by atoms with E-state index in [1.165, 1.54) is 37.6 Å². The second-order valence-electron chi connectivity index (χ2n) is 13.4. The standard InChI is InChI=1S/C46H31N3S/c1-46(2)39-17-9-15-36(28-47)44(39)50-43-23-21-32(26-40(43)46)31-13-8-14-34(24-31)41-27-42(49-45(48-41)30-11-4-3-5-12-30)35-20-22-38-33(25-35)19-18-29-10-6-7-16-37(29)38/h3-27H,1-2H3. The van der Waals surface area contributed by atoms with Gasteiger partial charge in [0.2, 0.25) is 0 Å². The Bertz CT molecular complexity index is 2670. The van der Waals surface area contributed by atoms with E-state index >= 15 is 0 Å². The summed E-state index contributed by atoms with van der Waals surface area (Å²) in [6.07, 6.45) is 0. The average Bonchev–Trinajstić information content (AvgIpc) is 3.17. The van der Waals surface area contributed by atoms with Crippen LogP contribution in [0.5, 0.6) is 0 Å². The van der Waals surface area contributed by atoms with Crippen LogP contribution < -0.4 is 0 Å². The summed E-state index contributed by atoms with van der Waals surface area (Å²) in [6.45, 7) is 4.52. The van der Waals surface area contributed by atoms with Crippen LogP contribution in [-0.2, 0) is 5.41 Å². The zero-order valence-corrected chi connectivity index (χ0v) is 28.5. The molecule has 0 aliphatic carbocycles. The molecule has 0 bridgehead atoms. The van der Waals surface area contributed by atoms with Gasteiger partial charge in [0.25, 0.3) is 0 Å². The summed E-state index contributed by atoms with van der Waals surface area (Å²) in [5.41, 5.74) is 10.1. The van der Waals surface area contributed by atoms with E-state index in [2.05, 4.69) is 141 Å². The summed E-state index contributed by atoms with van der Waals surface area (Å²) in [5, 5.41) is 14.7. The van der Waals surface area contributed by atoms with Gasteiger partial charge in [-0.25, -0.2) is 9.97 Å². The fourth-order valence-corrected chi connectivity index (χ4v) is 8.70. The quantitative estimate of drug-likeness (QED) is 0.177. The maximum atomic E-state index is 9.79. The molecule has 9 rings (SSSR count). The van der Waals surface area contributed by atoms with Crippen molar-refractivity contribution in [2.24, 2.45) is 0 Å². The largest absolute Gasteiger partial charge is 0.228 e. The van der Waals surface area contributed by atoms with E-state index in [9.17, 15) is 5.26 Å². The third-order valence-corrected chi connectivity index (χ3v) is 11.2. The molecule has 0 atom stereocenters. The Morgan fingerprint density at radius 2 is 1.18 bits per heavy atom. The van der Waals surface area contributed by atoms with Gasteiger partial charge in [0.15, 0.2) is 5.82 Å². The highest BCUT2D eigenvalue weighted by atomic mass is 32.2. The van der Waals surface area contributed by atoms with Gasteiger partial charge < -0.3 is 0 Å². The number of benzene rings is 7. The van der Waals surface area contributed by atoms with E-state index in [0.29, 0.717) is 5.82 Å². The van der Waals surface area contributed by atoms with Crippen molar-refractivity contribution in [1.29, 1.82) is 5.26 Å². The minimum atomic E-state index is -0.241. The number of rotatable bonds is 4. The van der Waals surface area contributed by atoms with Gasteiger partial charge in [-0.15, -0.1) is 0 Å². The van der Waals surface area contributed by atoms with Crippen LogP contribution in [-0.4, -0.2) is 9.97 Å². The van der Waals surface area contributed by atoms with E-state index in [4.69, 9.17) is 9.97 Å². The van der Waals surface area contributed by atoms with Gasteiger partial charge in [-0.05, 0) is 80.2 Å². The van der Waals surface area contributed by atoms with E-state index in [0.717, 1.165) is 49.7 Å². The lowest BCUT2D eigenvalue weighted by Crippen LogP contribution is -2.24. The lowest BCUT2D eigenvalue weighted by molar-refractivity contribution is 0.607. The third-order valence-electron chi connectivity index (χ3n) is 9.96. The normalized spacial score (nSPS) is 13.1. The van der Waals surface area contributed by atoms with Gasteiger partial charge in [0, 0.05) is 31.9 Å². The third kappa shape index (κ3) is 5.06. The molecule has 0 N–H and O–H groups in total. The highest BCUT2D eigenvalue weighted by molar-refractivity contribution is 7.99. The van der Waals surface area contributed by atoms with Crippen molar-refractivity contribution in [3.05, 3.63) is 168 Å². The summed E-state index contributed by atoms with van der Waals surface area (Å²) in [6, 6.07) is 55.7. The fourth-order valence-electron chi connectivity index (χ4n) is 7.26. The molecule has 3 nitrogen and oxygen atoms in total. The van der Waals surface area contributed by atoms with Crippen LogP contribution in [0.15, 0.2) is 161 Å². The number of nitriles is 1. The van der Waals surface area contributed by atoms with Crippen LogP contribution in [0, 0.1) is 11.3 Å². The summed E-state index contributed by atoms with van der Waals surface area (Å²) in [5.74, 6) is 0.699. The molecule has 0 fully saturated rings. The highest BCUT2D eigenvalue weighted by Gasteiger charge is 2.34. The predicted octanol–water partition coefficient (Wildman–Crippen LogP) is 12.1. The first-order chi connectivity index (χ1) is 24.5. The molecule has 50 heavy (non-hydrogen) atoms. The second-order valence-corrected chi connectivity index (χ2v) is 14.4. The summed E-state index contributed by atoms with van der Waals surface area (Å²) < 4.78 is 0. The summed E-state index contributed by atoms with van der Waals surface area (Å²) in [4.78, 5) is 12.5. The number of fused-ring (bicyclic) bond motifs is 5. The van der Waals surface area contributed by atoms with Crippen LogP contribution in [0.1, 0.15) is 30.5 Å². The molecule has 0 saturated heterocycles. The smallest absolute Gasteiger partial charge is 0.160 e. The highest BCUT2D eigenvalue weighted by Crippen LogP contribution is 2.51. The van der Waals surface area contributed by atoms with Crippen molar-refractivity contribution in [2.75, 3.05) is 0 Å². The predicted molar refractivity (Wildman–Crippen MR) is 206 cm³/mol. The van der Waals surface area contributed by atoms with Crippen molar-refractivity contribution in [1.82, 2.24) is 9.97 Å². The molecule has 0 spiro atoms. The van der Waals surface area contributed by atoms with Gasteiger partial charge in [0.1, 0.15) is 6.07 Å². The molecule has 2 heterocycles. The first kappa shape index (κ1) is 30.1. The van der Waals surface area contributed by atoms with Crippen LogP contribution in [0.2, 0.25) is 0 Å². The lowest BCUT2D eigenvalue weighted by Gasteiger charge is -2.35. The minimum absolute atomic E-state index is 0.241. The van der Waals surface area contributed by atoms with Gasteiger partial charge in [0.05, 0.1) is 17.0 Å². The minimum Gasteiger partial charge on any atom is -0.228 e. The van der Waals surface area contributed by atoms with Crippen LogP contribution in [0.3, 0.4) is 0 Å². The Morgan fingerprint density at radius 3 is 2.02 bits per heavy atom. The Labute approximate surface area is 295 Å². The summed E-state index contributed by atoms with van der Waals surface area (Å²) in [7, 11) is 0. The molecule has 4 heteroatoms. The Kier molecular flexibility index (Phi) is 7.12. The van der Waals surface area contributed by atoms with E-state index in [1.807, 2.05) is 30.3 Å². The number of hydrogen-bond acceptors (Lipinski definition) is 4. The van der Waals surface area contributed by atoms with Crippen molar-refractivity contribution in [3.8, 4) is 51.1 Å². The number of nitrogens with zero attached hydrogens (tertiary/aromatic N) is 3. The van der Waals surface area contributed by atoms with Crippen LogP contribution in [0.25, 0.3) is 66.6 Å². The summed E-state index contributed by atoms with van der Waals surface area (Å²) >= 11 is 1.70. The molecule has 1 aliphatic heterocycles. The molecule has 0 radical (unpaired) electrons. The second kappa shape index (κ2) is 11.8. The topological polar surface area (TPSA) is 49.6 Å². The van der Waals surface area contributed by atoms with E-state index < -0.39 is 0 Å². The Morgan fingerprint density at radius 1 is 0.520 bits per heavy atom. The molecular weight excluding hydrogens is 627 g/mol. The molecule has 236 valence electrons. The van der Waals surface area contributed by atoms with E-state index in [-0.39, 0.29) is 5.41 Å². The average molecular weight is 658 g/mol. The molecule has 1 aromatic heterocycles. The number of aromatic nitrogens is 2. The van der Waals surface area contributed by atoms with Crippen molar-refractivity contribution >= 4 is 33.3 Å².